The molecule has 1 rings (SSSR count). The Bertz CT molecular complexity index is 273. The molecule has 1 aliphatic heterocycles. The van der Waals surface area contributed by atoms with Crippen LogP contribution in [0.4, 0.5) is 0 Å². The van der Waals surface area contributed by atoms with Gasteiger partial charge in [-0.3, -0.25) is 4.90 Å². The molecule has 1 heterocycles. The number of aliphatic hydroxyl groups is 5. The van der Waals surface area contributed by atoms with Crippen LogP contribution >= 0.6 is 0 Å². The first-order valence-electron chi connectivity index (χ1n) is 8.06. The minimum absolute atomic E-state index is 0.268. The number of likely N-dealkylation sites (tertiary alicyclic amines) is 1. The van der Waals surface area contributed by atoms with Gasteiger partial charge >= 0.3 is 0 Å². The zero-order valence-corrected chi connectivity index (χ0v) is 12.8. The van der Waals surface area contributed by atoms with E-state index in [1.54, 1.807) is 0 Å². The van der Waals surface area contributed by atoms with Gasteiger partial charge in [-0.1, -0.05) is 32.1 Å². The zero-order valence-electron chi connectivity index (χ0n) is 12.8. The number of aliphatic hydroxyl groups excluding tert-OH is 5. The van der Waals surface area contributed by atoms with E-state index >= 15 is 0 Å². The SMILES string of the molecule is OCCCCCCCCCN1CC(O)C(O)C1(CO)CO. The van der Waals surface area contributed by atoms with Crippen molar-refractivity contribution in [2.24, 2.45) is 0 Å². The first kappa shape index (κ1) is 18.8. The number of nitrogens with zero attached hydrogens (tertiary/aromatic N) is 1. The highest BCUT2D eigenvalue weighted by Gasteiger charge is 2.51. The van der Waals surface area contributed by atoms with Crippen molar-refractivity contribution in [1.82, 2.24) is 4.90 Å². The minimum Gasteiger partial charge on any atom is -0.396 e. The van der Waals surface area contributed by atoms with Crippen molar-refractivity contribution in [1.29, 1.82) is 0 Å². The van der Waals surface area contributed by atoms with E-state index in [9.17, 15) is 20.4 Å². The molecule has 0 radical (unpaired) electrons. The normalized spacial score (nSPS) is 25.6. The van der Waals surface area contributed by atoms with Gasteiger partial charge in [-0.25, -0.2) is 0 Å². The molecule has 1 fully saturated rings. The molecule has 5 N–H and O–H groups in total. The molecule has 1 saturated heterocycles. The van der Waals surface area contributed by atoms with Gasteiger partial charge in [0.25, 0.3) is 0 Å². The lowest BCUT2D eigenvalue weighted by atomic mass is 9.94. The van der Waals surface area contributed by atoms with Crippen molar-refractivity contribution in [3.63, 3.8) is 0 Å². The summed E-state index contributed by atoms with van der Waals surface area (Å²) in [5.41, 5.74) is -1.11. The largest absolute Gasteiger partial charge is 0.396 e. The number of β-amino-alcohol motifs (C(OH)–C–C–N with tert-alkyl or cyclic N) is 1. The highest BCUT2D eigenvalue weighted by Crippen LogP contribution is 2.30. The smallest absolute Gasteiger partial charge is 0.104 e. The van der Waals surface area contributed by atoms with E-state index in [4.69, 9.17) is 5.11 Å². The third kappa shape index (κ3) is 4.87. The van der Waals surface area contributed by atoms with E-state index in [-0.39, 0.29) is 19.8 Å². The van der Waals surface area contributed by atoms with E-state index in [0.717, 1.165) is 44.9 Å². The minimum atomic E-state index is -1.11. The second-order valence-corrected chi connectivity index (χ2v) is 6.08. The van der Waals surface area contributed by atoms with Crippen LogP contribution in [0.2, 0.25) is 0 Å². The quantitative estimate of drug-likeness (QED) is 0.329. The van der Waals surface area contributed by atoms with Gasteiger partial charge in [0.15, 0.2) is 0 Å². The van der Waals surface area contributed by atoms with Crippen LogP contribution < -0.4 is 0 Å². The summed E-state index contributed by atoms with van der Waals surface area (Å²) in [6, 6.07) is 0. The standard InChI is InChI=1S/C15H31NO5/c17-9-7-5-3-1-2-4-6-8-16-10-13(20)14(21)15(16,11-18)12-19/h13-14,17-21H,1-12H2. The Labute approximate surface area is 127 Å². The predicted octanol–water partition coefficient (Wildman–Crippen LogP) is -0.530. The van der Waals surface area contributed by atoms with Crippen molar-refractivity contribution in [2.45, 2.75) is 62.7 Å². The van der Waals surface area contributed by atoms with E-state index in [2.05, 4.69) is 0 Å². The van der Waals surface area contributed by atoms with Crippen LogP contribution in [0.3, 0.4) is 0 Å². The van der Waals surface area contributed by atoms with Gasteiger partial charge in [-0.15, -0.1) is 0 Å². The Hall–Kier alpha value is -0.240. The summed E-state index contributed by atoms with van der Waals surface area (Å²) in [4.78, 5) is 1.81. The molecule has 2 unspecified atom stereocenters. The van der Waals surface area contributed by atoms with Crippen LogP contribution in [0, 0.1) is 0 Å². The average Bonchev–Trinajstić information content (AvgIpc) is 2.74. The fourth-order valence-corrected chi connectivity index (χ4v) is 3.10. The first-order valence-corrected chi connectivity index (χ1v) is 8.06. The molecule has 6 nitrogen and oxygen atoms in total. The van der Waals surface area contributed by atoms with Crippen LogP contribution in [-0.4, -0.2) is 81.1 Å². The van der Waals surface area contributed by atoms with Gasteiger partial charge in [-0.2, -0.15) is 0 Å². The Morgan fingerprint density at radius 1 is 0.810 bits per heavy atom. The molecule has 0 amide bonds. The topological polar surface area (TPSA) is 104 Å². The van der Waals surface area contributed by atoms with Gasteiger partial charge < -0.3 is 25.5 Å². The molecule has 0 spiro atoms. The van der Waals surface area contributed by atoms with Crippen LogP contribution in [0.1, 0.15) is 44.9 Å². The summed E-state index contributed by atoms with van der Waals surface area (Å²) in [6.45, 7) is 0.500. The maximum absolute atomic E-state index is 9.97. The number of rotatable bonds is 11. The van der Waals surface area contributed by atoms with E-state index in [1.807, 2.05) is 4.90 Å². The van der Waals surface area contributed by atoms with Crippen molar-refractivity contribution in [2.75, 3.05) is 32.9 Å². The maximum atomic E-state index is 9.97. The van der Waals surface area contributed by atoms with Crippen LogP contribution in [0.15, 0.2) is 0 Å². The summed E-state index contributed by atoms with van der Waals surface area (Å²) in [5, 5.41) is 47.4. The monoisotopic (exact) mass is 305 g/mol. The van der Waals surface area contributed by atoms with Crippen molar-refractivity contribution in [3.05, 3.63) is 0 Å². The lowest BCUT2D eigenvalue weighted by Crippen LogP contribution is -2.57. The van der Waals surface area contributed by atoms with E-state index < -0.39 is 17.7 Å². The second kappa shape index (κ2) is 9.71. The molecule has 6 heteroatoms. The summed E-state index contributed by atoms with van der Waals surface area (Å²) in [5.74, 6) is 0. The Kier molecular flexibility index (Phi) is 8.70. The van der Waals surface area contributed by atoms with Crippen molar-refractivity contribution >= 4 is 0 Å². The molecule has 0 aromatic heterocycles. The molecular weight excluding hydrogens is 274 g/mol. The highest BCUT2D eigenvalue weighted by molar-refractivity contribution is 5.06. The Morgan fingerprint density at radius 2 is 1.33 bits per heavy atom. The molecular formula is C15H31NO5. The molecule has 1 aliphatic rings. The zero-order chi connectivity index (χ0) is 15.7. The summed E-state index contributed by atoms with van der Waals surface area (Å²) < 4.78 is 0. The van der Waals surface area contributed by atoms with E-state index in [1.165, 1.54) is 0 Å². The molecule has 0 aromatic rings. The maximum Gasteiger partial charge on any atom is 0.104 e. The number of hydrogen-bond donors (Lipinski definition) is 5. The predicted molar refractivity (Wildman–Crippen MR) is 79.9 cm³/mol. The fourth-order valence-electron chi connectivity index (χ4n) is 3.10. The molecule has 126 valence electrons. The van der Waals surface area contributed by atoms with Gasteiger partial charge in [0.1, 0.15) is 6.10 Å². The molecule has 0 aromatic carbocycles. The summed E-state index contributed by atoms with van der Waals surface area (Å²) in [7, 11) is 0. The third-order valence-corrected chi connectivity index (χ3v) is 4.59. The van der Waals surface area contributed by atoms with Crippen LogP contribution in [0.25, 0.3) is 0 Å². The fraction of sp³-hybridized carbons (Fsp3) is 1.00. The van der Waals surface area contributed by atoms with Crippen molar-refractivity contribution in [3.8, 4) is 0 Å². The van der Waals surface area contributed by atoms with Gasteiger partial charge in [0.2, 0.25) is 0 Å². The third-order valence-electron chi connectivity index (χ3n) is 4.59. The first-order chi connectivity index (χ1) is 10.1. The average molecular weight is 305 g/mol. The van der Waals surface area contributed by atoms with Gasteiger partial charge in [0.05, 0.1) is 24.9 Å². The second-order valence-electron chi connectivity index (χ2n) is 6.08. The Balaban J connectivity index is 2.24. The van der Waals surface area contributed by atoms with E-state index in [0.29, 0.717) is 13.1 Å². The molecule has 2 atom stereocenters. The number of hydrogen-bond acceptors (Lipinski definition) is 6. The van der Waals surface area contributed by atoms with Gasteiger partial charge in [0, 0.05) is 13.2 Å². The van der Waals surface area contributed by atoms with Crippen LogP contribution in [-0.2, 0) is 0 Å². The lowest BCUT2D eigenvalue weighted by Gasteiger charge is -2.37. The Morgan fingerprint density at radius 3 is 1.86 bits per heavy atom. The molecule has 0 aliphatic carbocycles. The van der Waals surface area contributed by atoms with Crippen LogP contribution in [0.5, 0.6) is 0 Å². The molecule has 0 bridgehead atoms. The summed E-state index contributed by atoms with van der Waals surface area (Å²) in [6.07, 6.45) is 5.30. The highest BCUT2D eigenvalue weighted by atomic mass is 16.3. The molecule has 21 heavy (non-hydrogen) atoms. The molecule has 0 saturated carbocycles. The number of unbranched alkanes of at least 4 members (excludes halogenated alkanes) is 6. The lowest BCUT2D eigenvalue weighted by molar-refractivity contribution is -0.0652. The van der Waals surface area contributed by atoms with Gasteiger partial charge in [-0.05, 0) is 19.4 Å². The summed E-state index contributed by atoms with van der Waals surface area (Å²) >= 11 is 0. The van der Waals surface area contributed by atoms with Crippen molar-refractivity contribution < 1.29 is 25.5 Å².